The minimum atomic E-state index is -1.04. The van der Waals surface area contributed by atoms with Crippen LogP contribution in [-0.2, 0) is 10.8 Å². The number of hydrogen-bond donors (Lipinski definition) is 0. The SMILES string of the molecule is C=Cc1ccc(Oc2ccc(C3(c4ccccc4)c4ccccc4-c4ccc(N(c5ccc(F)c(F)c5)c5cccc6oc7cccc(N(c8ccc(F)c(F)c8)c8ccc9c(c8)C(c8ccccc8)(c8ccc(Oc%10ccc(C=C)cc%10)cc8)c8ccccc8-9)c7c56)cc43)cc2)cc1. The highest BCUT2D eigenvalue weighted by Gasteiger charge is 2.48. The van der Waals surface area contributed by atoms with Gasteiger partial charge in [0.15, 0.2) is 23.3 Å². The summed E-state index contributed by atoms with van der Waals surface area (Å²) in [6, 6.07) is 102. The molecule has 5 nitrogen and oxygen atoms in total. The fourth-order valence-corrected chi connectivity index (χ4v) is 15.2. The molecular formula is C90H58F4N2O3. The Balaban J connectivity index is 0.868. The van der Waals surface area contributed by atoms with Crippen molar-refractivity contribution in [2.75, 3.05) is 9.80 Å². The van der Waals surface area contributed by atoms with Crippen LogP contribution in [0.2, 0.25) is 0 Å². The van der Waals surface area contributed by atoms with E-state index in [1.807, 2.05) is 180 Å². The van der Waals surface area contributed by atoms with E-state index in [4.69, 9.17) is 13.9 Å². The highest BCUT2D eigenvalue weighted by molar-refractivity contribution is 6.19. The molecule has 2 atom stereocenters. The average Bonchev–Trinajstić information content (AvgIpc) is 1.56. The summed E-state index contributed by atoms with van der Waals surface area (Å²) in [5.41, 5.74) is 16.2. The van der Waals surface area contributed by atoms with Gasteiger partial charge < -0.3 is 23.7 Å². The van der Waals surface area contributed by atoms with Gasteiger partial charge in [0.05, 0.1) is 33.0 Å². The van der Waals surface area contributed by atoms with Gasteiger partial charge in [-0.25, -0.2) is 17.6 Å². The first-order chi connectivity index (χ1) is 48.6. The zero-order valence-corrected chi connectivity index (χ0v) is 53.2. The number of rotatable bonds is 16. The van der Waals surface area contributed by atoms with Crippen molar-refractivity contribution in [1.82, 2.24) is 0 Å². The third-order valence-corrected chi connectivity index (χ3v) is 19.5. The minimum absolute atomic E-state index is 0.325. The summed E-state index contributed by atoms with van der Waals surface area (Å²) in [6.07, 6.45) is 3.59. The molecule has 0 saturated heterocycles. The lowest BCUT2D eigenvalue weighted by Gasteiger charge is -2.35. The molecule has 17 rings (SSSR count). The van der Waals surface area contributed by atoms with Crippen LogP contribution in [0.15, 0.2) is 333 Å². The second-order valence-corrected chi connectivity index (χ2v) is 24.9. The van der Waals surface area contributed by atoms with Crippen molar-refractivity contribution < 1.29 is 31.5 Å². The van der Waals surface area contributed by atoms with Crippen molar-refractivity contribution in [2.24, 2.45) is 0 Å². The van der Waals surface area contributed by atoms with Gasteiger partial charge in [-0.1, -0.05) is 207 Å². The molecule has 1 aromatic heterocycles. The molecule has 0 amide bonds. The summed E-state index contributed by atoms with van der Waals surface area (Å²) in [7, 11) is 0. The summed E-state index contributed by atoms with van der Waals surface area (Å²) < 4.78 is 83.5. The third-order valence-electron chi connectivity index (χ3n) is 19.5. The van der Waals surface area contributed by atoms with Crippen molar-refractivity contribution in [1.29, 1.82) is 0 Å². The van der Waals surface area contributed by atoms with Crippen molar-refractivity contribution in [2.45, 2.75) is 10.8 Å². The topological polar surface area (TPSA) is 38.1 Å². The molecule has 9 heteroatoms. The number of furan rings is 1. The summed E-state index contributed by atoms with van der Waals surface area (Å²) >= 11 is 0. The van der Waals surface area contributed by atoms with Gasteiger partial charge in [-0.3, -0.25) is 0 Å². The molecule has 2 aliphatic carbocycles. The van der Waals surface area contributed by atoms with Crippen LogP contribution in [-0.4, -0.2) is 0 Å². The maximum absolute atomic E-state index is 16.3. The lowest BCUT2D eigenvalue weighted by molar-refractivity contribution is 0.482. The van der Waals surface area contributed by atoms with Crippen molar-refractivity contribution in [3.8, 4) is 45.3 Å². The molecule has 15 aromatic rings. The number of benzene rings is 14. The van der Waals surface area contributed by atoms with E-state index in [-0.39, 0.29) is 0 Å². The molecular weight excluding hydrogens is 1230 g/mol. The Morgan fingerprint density at radius 1 is 0.293 bits per heavy atom. The molecule has 2 aliphatic rings. The molecule has 1 heterocycles. The van der Waals surface area contributed by atoms with E-state index in [1.165, 1.54) is 12.1 Å². The van der Waals surface area contributed by atoms with Crippen LogP contribution in [0, 0.1) is 23.3 Å². The number of fused-ring (bicyclic) bond motifs is 9. The van der Waals surface area contributed by atoms with Gasteiger partial charge in [0, 0.05) is 34.9 Å². The standard InChI is InChI=1S/C90H58F4N2O3/c1-3-57-29-41-67(42-30-57)97-69-45-33-61(34-46-69)89(59-17-7-5-8-18-59)75-23-13-11-21-71(75)73-49-37-63(53-77(73)89)95(65-39-51-79(91)81(93)55-65)83-25-15-27-85-87(83)88-84(26-16-28-86(88)99-85)96(66-40-52-80(92)82(94)56-66)64-38-50-74-72-22-12-14-24-76(72)90(78(74)54-64,60-19-9-6-10-20-60)62-35-47-70(48-36-62)98-68-43-31-58(4-2)32-44-68/h3-56H,1-2H2. The maximum Gasteiger partial charge on any atom is 0.160 e. The third kappa shape index (κ3) is 9.83. The highest BCUT2D eigenvalue weighted by Crippen LogP contribution is 2.60. The van der Waals surface area contributed by atoms with Crippen LogP contribution in [0.4, 0.5) is 51.7 Å². The zero-order valence-electron chi connectivity index (χ0n) is 53.2. The van der Waals surface area contributed by atoms with Gasteiger partial charge in [0.1, 0.15) is 34.2 Å². The van der Waals surface area contributed by atoms with Crippen LogP contribution in [0.25, 0.3) is 56.3 Å². The second-order valence-electron chi connectivity index (χ2n) is 24.9. The molecule has 0 fully saturated rings. The van der Waals surface area contributed by atoms with E-state index in [0.29, 0.717) is 79.1 Å². The number of hydrogen-bond acceptors (Lipinski definition) is 5. The first-order valence-corrected chi connectivity index (χ1v) is 32.7. The lowest BCUT2D eigenvalue weighted by atomic mass is 9.67. The van der Waals surface area contributed by atoms with E-state index in [1.54, 1.807) is 24.3 Å². The van der Waals surface area contributed by atoms with E-state index < -0.39 is 34.1 Å². The number of nitrogens with zero attached hydrogens (tertiary/aromatic N) is 2. The van der Waals surface area contributed by atoms with Gasteiger partial charge in [-0.15, -0.1) is 0 Å². The van der Waals surface area contributed by atoms with Crippen LogP contribution >= 0.6 is 0 Å². The number of ether oxygens (including phenoxy) is 2. The molecule has 0 aliphatic heterocycles. The van der Waals surface area contributed by atoms with Gasteiger partial charge in [0.25, 0.3) is 0 Å². The molecule has 14 aromatic carbocycles. The first kappa shape index (κ1) is 60.0. The fraction of sp³-hybridized carbons (Fsp3) is 0.0222. The Hall–Kier alpha value is -12.7. The summed E-state index contributed by atoms with van der Waals surface area (Å²) in [4.78, 5) is 3.89. The quantitative estimate of drug-likeness (QED) is 0.0902. The Morgan fingerprint density at radius 3 is 1.01 bits per heavy atom. The lowest BCUT2D eigenvalue weighted by Crippen LogP contribution is -2.28. The Labute approximate surface area is 569 Å². The van der Waals surface area contributed by atoms with Gasteiger partial charge in [-0.2, -0.15) is 0 Å². The summed E-state index contributed by atoms with van der Waals surface area (Å²) in [5.74, 6) is -1.41. The Morgan fingerprint density at radius 2 is 0.626 bits per heavy atom. The Bertz CT molecular complexity index is 5310. The van der Waals surface area contributed by atoms with E-state index >= 15 is 17.6 Å². The van der Waals surface area contributed by atoms with Gasteiger partial charge in [0.2, 0.25) is 0 Å². The maximum atomic E-state index is 16.3. The molecule has 0 bridgehead atoms. The predicted octanol–water partition coefficient (Wildman–Crippen LogP) is 24.7. The van der Waals surface area contributed by atoms with Crippen molar-refractivity contribution in [3.05, 3.63) is 408 Å². The van der Waals surface area contributed by atoms with Crippen molar-refractivity contribution in [3.63, 3.8) is 0 Å². The van der Waals surface area contributed by atoms with Crippen LogP contribution in [0.5, 0.6) is 23.0 Å². The van der Waals surface area contributed by atoms with Crippen molar-refractivity contribution >= 4 is 68.2 Å². The van der Waals surface area contributed by atoms with Crippen LogP contribution in [0.3, 0.4) is 0 Å². The monoisotopic (exact) mass is 1290 g/mol. The van der Waals surface area contributed by atoms with Gasteiger partial charge in [-0.05, 0) is 199 Å². The molecule has 474 valence electrons. The zero-order chi connectivity index (χ0) is 66.9. The molecule has 2 unspecified atom stereocenters. The Kier molecular flexibility index (Phi) is 14.6. The van der Waals surface area contributed by atoms with E-state index in [2.05, 4.69) is 122 Å². The smallest absolute Gasteiger partial charge is 0.160 e. The molecule has 0 N–H and O–H groups in total. The average molecular weight is 1290 g/mol. The van der Waals surface area contributed by atoms with Crippen LogP contribution in [0.1, 0.15) is 55.6 Å². The largest absolute Gasteiger partial charge is 0.457 e. The highest BCUT2D eigenvalue weighted by atomic mass is 19.2. The predicted molar refractivity (Wildman–Crippen MR) is 391 cm³/mol. The summed E-state index contributed by atoms with van der Waals surface area (Å²) in [6.45, 7) is 7.80. The van der Waals surface area contributed by atoms with E-state index in [9.17, 15) is 0 Å². The second kappa shape index (κ2) is 24.2. The normalized spacial score (nSPS) is 14.8. The van der Waals surface area contributed by atoms with E-state index in [0.717, 1.165) is 90.0 Å². The molecule has 0 spiro atoms. The minimum Gasteiger partial charge on any atom is -0.457 e. The van der Waals surface area contributed by atoms with Crippen LogP contribution < -0.4 is 19.3 Å². The number of anilines is 6. The molecule has 0 radical (unpaired) electrons. The fourth-order valence-electron chi connectivity index (χ4n) is 15.2. The van der Waals surface area contributed by atoms with Gasteiger partial charge >= 0.3 is 0 Å². The first-order valence-electron chi connectivity index (χ1n) is 32.7. The molecule has 0 saturated carbocycles. The number of halogens is 4. The molecule has 99 heavy (non-hydrogen) atoms. The summed E-state index contributed by atoms with van der Waals surface area (Å²) in [5, 5.41) is 1.22.